The Balaban J connectivity index is 2.43. The van der Waals surface area contributed by atoms with Crippen LogP contribution in [0.2, 0.25) is 0 Å². The third-order valence-electron chi connectivity index (χ3n) is 4.11. The number of ether oxygens (including phenoxy) is 1. The Hall–Kier alpha value is -3.33. The predicted octanol–water partition coefficient (Wildman–Crippen LogP) is 2.35. The third kappa shape index (κ3) is 4.62. The molecule has 0 saturated heterocycles. The molecule has 2 aromatic heterocycles. The maximum Gasteiger partial charge on any atom is 0.344 e. The van der Waals surface area contributed by atoms with Crippen LogP contribution in [0.25, 0.3) is 0 Å². The summed E-state index contributed by atoms with van der Waals surface area (Å²) in [5.41, 5.74) is 5.79. The number of nitriles is 1. The van der Waals surface area contributed by atoms with Crippen molar-refractivity contribution in [3.63, 3.8) is 0 Å². The van der Waals surface area contributed by atoms with Crippen LogP contribution >= 0.6 is 11.8 Å². The molecule has 160 valence electrons. The lowest BCUT2D eigenvalue weighted by Crippen LogP contribution is -2.27. The van der Waals surface area contributed by atoms with Crippen LogP contribution in [0, 0.1) is 18.3 Å². The molecule has 0 bridgehead atoms. The lowest BCUT2D eigenvalue weighted by atomic mass is 10.1. The van der Waals surface area contributed by atoms with Crippen molar-refractivity contribution in [2.75, 3.05) is 23.4 Å². The number of esters is 1. The van der Waals surface area contributed by atoms with Gasteiger partial charge in [0.1, 0.15) is 17.4 Å². The minimum atomic E-state index is -0.845. The summed E-state index contributed by atoms with van der Waals surface area (Å²) >= 11 is 1.09. The molecule has 0 aliphatic carbocycles. The number of aromatic nitrogens is 3. The Labute approximate surface area is 176 Å². The van der Waals surface area contributed by atoms with Crippen LogP contribution in [-0.2, 0) is 9.53 Å². The van der Waals surface area contributed by atoms with E-state index in [1.165, 1.54) is 18.4 Å². The SMILES string of the molecule is CCOC(=O)c1c(NC(=O)C(CC)n2c(N)nnc2SCC#N)oc(C)c1C(C)=O. The molecule has 0 radical (unpaired) electrons. The minimum Gasteiger partial charge on any atom is -0.462 e. The second kappa shape index (κ2) is 9.93. The summed E-state index contributed by atoms with van der Waals surface area (Å²) in [6.07, 6.45) is 0.308. The van der Waals surface area contributed by atoms with Gasteiger partial charge in [0.25, 0.3) is 0 Å². The minimum absolute atomic E-state index is 0.00288. The molecule has 3 N–H and O–H groups in total. The van der Waals surface area contributed by atoms with Crippen molar-refractivity contribution < 1.29 is 23.5 Å². The van der Waals surface area contributed by atoms with Gasteiger partial charge in [0, 0.05) is 0 Å². The molecule has 11 nitrogen and oxygen atoms in total. The van der Waals surface area contributed by atoms with E-state index in [-0.39, 0.29) is 41.1 Å². The van der Waals surface area contributed by atoms with Gasteiger partial charge in [0.2, 0.25) is 17.7 Å². The Morgan fingerprint density at radius 3 is 2.60 bits per heavy atom. The number of anilines is 2. The molecule has 1 atom stereocenters. The highest BCUT2D eigenvalue weighted by Gasteiger charge is 2.31. The van der Waals surface area contributed by atoms with Crippen molar-refractivity contribution in [2.24, 2.45) is 0 Å². The first-order chi connectivity index (χ1) is 14.3. The Kier molecular flexibility index (Phi) is 7.60. The highest BCUT2D eigenvalue weighted by molar-refractivity contribution is 7.99. The molecule has 2 rings (SSSR count). The molecule has 0 aromatic carbocycles. The number of carbonyl (C=O) groups excluding carboxylic acids is 3. The summed E-state index contributed by atoms with van der Waals surface area (Å²) in [7, 11) is 0. The first-order valence-electron chi connectivity index (χ1n) is 9.09. The number of Topliss-reactive ketones (excluding diaryl/α,β-unsaturated/α-hetero) is 1. The van der Waals surface area contributed by atoms with Gasteiger partial charge in [-0.1, -0.05) is 18.7 Å². The van der Waals surface area contributed by atoms with E-state index in [1.54, 1.807) is 13.8 Å². The fourth-order valence-corrected chi connectivity index (χ4v) is 3.56. The van der Waals surface area contributed by atoms with Crippen molar-refractivity contribution in [1.82, 2.24) is 14.8 Å². The lowest BCUT2D eigenvalue weighted by molar-refractivity contribution is -0.119. The molecule has 30 heavy (non-hydrogen) atoms. The van der Waals surface area contributed by atoms with E-state index < -0.39 is 23.7 Å². The first-order valence-corrected chi connectivity index (χ1v) is 10.1. The Bertz CT molecular complexity index is 1010. The van der Waals surface area contributed by atoms with Gasteiger partial charge in [0.05, 0.1) is 24.0 Å². The lowest BCUT2D eigenvalue weighted by Gasteiger charge is -2.18. The summed E-state index contributed by atoms with van der Waals surface area (Å²) in [5, 5.41) is 19.3. The highest BCUT2D eigenvalue weighted by Crippen LogP contribution is 2.31. The van der Waals surface area contributed by atoms with Gasteiger partial charge in [-0.3, -0.25) is 19.5 Å². The zero-order valence-corrected chi connectivity index (χ0v) is 17.8. The number of nitrogen functional groups attached to an aromatic ring is 1. The number of hydrogen-bond donors (Lipinski definition) is 2. The number of ketones is 1. The van der Waals surface area contributed by atoms with Crippen LogP contribution in [0.1, 0.15) is 59.7 Å². The van der Waals surface area contributed by atoms with Crippen molar-refractivity contribution in [3.05, 3.63) is 16.9 Å². The molecule has 12 heteroatoms. The zero-order valence-electron chi connectivity index (χ0n) is 17.0. The van der Waals surface area contributed by atoms with Gasteiger partial charge in [-0.25, -0.2) is 4.79 Å². The van der Waals surface area contributed by atoms with E-state index in [4.69, 9.17) is 20.1 Å². The van der Waals surface area contributed by atoms with E-state index in [0.717, 1.165) is 11.8 Å². The Morgan fingerprint density at radius 2 is 2.03 bits per heavy atom. The number of furan rings is 1. The number of thioether (sulfide) groups is 1. The van der Waals surface area contributed by atoms with Crippen LogP contribution < -0.4 is 11.1 Å². The predicted molar refractivity (Wildman–Crippen MR) is 108 cm³/mol. The fourth-order valence-electron chi connectivity index (χ4n) is 2.91. The van der Waals surface area contributed by atoms with Gasteiger partial charge < -0.3 is 14.9 Å². The molecule has 1 amide bonds. The van der Waals surface area contributed by atoms with Crippen LogP contribution in [0.4, 0.5) is 11.8 Å². The quantitative estimate of drug-likeness (QED) is 0.340. The maximum atomic E-state index is 13.0. The van der Waals surface area contributed by atoms with Gasteiger partial charge in [0.15, 0.2) is 10.9 Å². The van der Waals surface area contributed by atoms with E-state index in [2.05, 4.69) is 15.5 Å². The molecule has 2 heterocycles. The van der Waals surface area contributed by atoms with Crippen molar-refractivity contribution in [2.45, 2.75) is 45.3 Å². The number of carbonyl (C=O) groups is 3. The number of hydrogen-bond acceptors (Lipinski definition) is 10. The number of aryl methyl sites for hydroxylation is 1. The zero-order chi connectivity index (χ0) is 22.4. The van der Waals surface area contributed by atoms with Crippen LogP contribution in [0.3, 0.4) is 0 Å². The van der Waals surface area contributed by atoms with Crippen LogP contribution in [0.15, 0.2) is 9.57 Å². The van der Waals surface area contributed by atoms with Crippen molar-refractivity contribution in [1.29, 1.82) is 5.26 Å². The van der Waals surface area contributed by atoms with Gasteiger partial charge in [-0.15, -0.1) is 10.2 Å². The van der Waals surface area contributed by atoms with E-state index in [9.17, 15) is 14.4 Å². The molecule has 1 unspecified atom stereocenters. The number of rotatable bonds is 9. The van der Waals surface area contributed by atoms with Crippen LogP contribution in [0.5, 0.6) is 0 Å². The standard InChI is InChI=1S/C18H22N6O5S/c1-5-11(24-17(20)22-23-18(24)30-8-7-19)14(26)21-15-13(16(27)28-6-2)12(9(3)25)10(4)29-15/h11H,5-6,8H2,1-4H3,(H2,20,22)(H,21,26). The average molecular weight is 434 g/mol. The van der Waals surface area contributed by atoms with E-state index in [1.807, 2.05) is 6.07 Å². The molecular formula is C18H22N6O5S. The smallest absolute Gasteiger partial charge is 0.344 e. The maximum absolute atomic E-state index is 13.0. The summed E-state index contributed by atoms with van der Waals surface area (Å²) in [4.78, 5) is 37.5. The second-order valence-electron chi connectivity index (χ2n) is 6.08. The Morgan fingerprint density at radius 1 is 1.33 bits per heavy atom. The van der Waals surface area contributed by atoms with Crippen molar-refractivity contribution >= 4 is 41.3 Å². The summed E-state index contributed by atoms with van der Waals surface area (Å²) in [6.45, 7) is 6.27. The van der Waals surface area contributed by atoms with Gasteiger partial charge in [-0.05, 0) is 27.2 Å². The van der Waals surface area contributed by atoms with Crippen LogP contribution in [-0.4, -0.2) is 44.8 Å². The molecule has 0 aliphatic heterocycles. The summed E-state index contributed by atoms with van der Waals surface area (Å²) in [5.74, 6) is -1.63. The van der Waals surface area contributed by atoms with Gasteiger partial charge >= 0.3 is 5.97 Å². The molecule has 0 spiro atoms. The van der Waals surface area contributed by atoms with E-state index >= 15 is 0 Å². The molecule has 0 fully saturated rings. The van der Waals surface area contributed by atoms with Crippen molar-refractivity contribution in [3.8, 4) is 6.07 Å². The normalized spacial score (nSPS) is 11.6. The molecule has 0 aliphatic rings. The number of nitrogens with two attached hydrogens (primary N) is 1. The number of nitrogens with one attached hydrogen (secondary N) is 1. The topological polar surface area (TPSA) is 166 Å². The number of nitrogens with zero attached hydrogens (tertiary/aromatic N) is 4. The summed E-state index contributed by atoms with van der Waals surface area (Å²) < 4.78 is 11.9. The average Bonchev–Trinajstić information content (AvgIpc) is 3.21. The first kappa shape index (κ1) is 23.0. The highest BCUT2D eigenvalue weighted by atomic mass is 32.2. The molecular weight excluding hydrogens is 412 g/mol. The van der Waals surface area contributed by atoms with Gasteiger partial charge in [-0.2, -0.15) is 5.26 Å². The molecule has 0 saturated carbocycles. The third-order valence-corrected chi connectivity index (χ3v) is 4.92. The fraction of sp³-hybridized carbons (Fsp3) is 0.444. The number of amides is 1. The summed E-state index contributed by atoms with van der Waals surface area (Å²) in [6, 6.07) is 1.13. The second-order valence-corrected chi connectivity index (χ2v) is 7.03. The molecule has 2 aromatic rings. The largest absolute Gasteiger partial charge is 0.462 e. The van der Waals surface area contributed by atoms with E-state index in [0.29, 0.717) is 11.6 Å². The monoisotopic (exact) mass is 434 g/mol.